The van der Waals surface area contributed by atoms with Crippen LogP contribution in [0.5, 0.6) is 5.75 Å². The van der Waals surface area contributed by atoms with Crippen molar-refractivity contribution in [1.82, 2.24) is 10.6 Å². The molecule has 0 atom stereocenters. The van der Waals surface area contributed by atoms with Crippen molar-refractivity contribution >= 4 is 5.91 Å². The quantitative estimate of drug-likeness (QED) is 0.705. The topological polar surface area (TPSA) is 61.4 Å². The molecule has 0 aliphatic carbocycles. The van der Waals surface area contributed by atoms with E-state index < -0.39 is 0 Å². The molecule has 0 saturated carbocycles. The SMILES string of the molecule is Cc1ccc(C(=O)NCC2=CCNCC2)cc1O. The van der Waals surface area contributed by atoms with E-state index >= 15 is 0 Å². The first-order valence-corrected chi connectivity index (χ1v) is 6.13. The second-order valence-electron chi connectivity index (χ2n) is 4.50. The number of aromatic hydroxyl groups is 1. The van der Waals surface area contributed by atoms with E-state index in [0.29, 0.717) is 12.1 Å². The summed E-state index contributed by atoms with van der Waals surface area (Å²) < 4.78 is 0. The lowest BCUT2D eigenvalue weighted by Gasteiger charge is -2.14. The van der Waals surface area contributed by atoms with Crippen molar-refractivity contribution < 1.29 is 9.90 Å². The van der Waals surface area contributed by atoms with Crippen LogP contribution in [0.15, 0.2) is 29.8 Å². The molecule has 0 radical (unpaired) electrons. The van der Waals surface area contributed by atoms with Gasteiger partial charge < -0.3 is 15.7 Å². The van der Waals surface area contributed by atoms with Crippen LogP contribution in [0.25, 0.3) is 0 Å². The van der Waals surface area contributed by atoms with Gasteiger partial charge in [-0.15, -0.1) is 0 Å². The minimum absolute atomic E-state index is 0.148. The van der Waals surface area contributed by atoms with E-state index in [1.807, 2.05) is 0 Å². The van der Waals surface area contributed by atoms with Crippen molar-refractivity contribution in [1.29, 1.82) is 0 Å². The highest BCUT2D eigenvalue weighted by Crippen LogP contribution is 2.17. The zero-order valence-electron chi connectivity index (χ0n) is 10.5. The van der Waals surface area contributed by atoms with Gasteiger partial charge in [0.2, 0.25) is 0 Å². The molecule has 0 aromatic heterocycles. The summed E-state index contributed by atoms with van der Waals surface area (Å²) in [6.07, 6.45) is 3.08. The Kier molecular flexibility index (Phi) is 3.99. The third kappa shape index (κ3) is 3.11. The maximum atomic E-state index is 11.9. The molecule has 2 rings (SSSR count). The molecular weight excluding hydrogens is 228 g/mol. The Morgan fingerprint density at radius 1 is 1.50 bits per heavy atom. The number of rotatable bonds is 3. The fraction of sp³-hybridized carbons (Fsp3) is 0.357. The number of carbonyl (C=O) groups is 1. The molecule has 1 aliphatic heterocycles. The molecule has 1 amide bonds. The van der Waals surface area contributed by atoms with Gasteiger partial charge in [-0.1, -0.05) is 17.7 Å². The smallest absolute Gasteiger partial charge is 0.251 e. The van der Waals surface area contributed by atoms with Crippen LogP contribution in [0.4, 0.5) is 0 Å². The molecule has 18 heavy (non-hydrogen) atoms. The predicted molar refractivity (Wildman–Crippen MR) is 70.7 cm³/mol. The number of hydrogen-bond donors (Lipinski definition) is 3. The molecule has 0 fully saturated rings. The first-order valence-electron chi connectivity index (χ1n) is 6.13. The number of aryl methyl sites for hydroxylation is 1. The predicted octanol–water partition coefficient (Wildman–Crippen LogP) is 1.35. The van der Waals surface area contributed by atoms with E-state index in [-0.39, 0.29) is 11.7 Å². The molecule has 1 aromatic rings. The van der Waals surface area contributed by atoms with Crippen LogP contribution >= 0.6 is 0 Å². The monoisotopic (exact) mass is 246 g/mol. The summed E-state index contributed by atoms with van der Waals surface area (Å²) >= 11 is 0. The van der Waals surface area contributed by atoms with E-state index in [0.717, 1.165) is 25.1 Å². The third-order valence-electron chi connectivity index (χ3n) is 3.11. The number of benzene rings is 1. The Morgan fingerprint density at radius 2 is 2.33 bits per heavy atom. The van der Waals surface area contributed by atoms with Crippen molar-refractivity contribution in [3.05, 3.63) is 41.0 Å². The Morgan fingerprint density at radius 3 is 3.00 bits per heavy atom. The van der Waals surface area contributed by atoms with Crippen LogP contribution in [0, 0.1) is 6.92 Å². The standard InChI is InChI=1S/C14H18N2O2/c1-10-2-3-12(8-13(10)17)14(18)16-9-11-4-6-15-7-5-11/h2-4,8,15,17H,5-7,9H2,1H3,(H,16,18). The molecule has 0 saturated heterocycles. The normalized spacial score (nSPS) is 15.1. The largest absolute Gasteiger partial charge is 0.508 e. The highest BCUT2D eigenvalue weighted by Gasteiger charge is 2.09. The highest BCUT2D eigenvalue weighted by atomic mass is 16.3. The second-order valence-corrected chi connectivity index (χ2v) is 4.50. The molecule has 0 unspecified atom stereocenters. The minimum atomic E-state index is -0.148. The van der Waals surface area contributed by atoms with Crippen LogP contribution in [-0.2, 0) is 0 Å². The molecule has 1 aliphatic rings. The highest BCUT2D eigenvalue weighted by molar-refractivity contribution is 5.94. The van der Waals surface area contributed by atoms with Crippen molar-refractivity contribution in [3.8, 4) is 5.75 Å². The van der Waals surface area contributed by atoms with E-state index in [9.17, 15) is 9.90 Å². The minimum Gasteiger partial charge on any atom is -0.508 e. The van der Waals surface area contributed by atoms with Crippen molar-refractivity contribution in [2.24, 2.45) is 0 Å². The van der Waals surface area contributed by atoms with Crippen molar-refractivity contribution in [2.45, 2.75) is 13.3 Å². The fourth-order valence-electron chi connectivity index (χ4n) is 1.88. The van der Waals surface area contributed by atoms with Crippen LogP contribution in [0.1, 0.15) is 22.3 Å². The lowest BCUT2D eigenvalue weighted by molar-refractivity contribution is 0.0956. The van der Waals surface area contributed by atoms with Gasteiger partial charge in [0.25, 0.3) is 5.91 Å². The van der Waals surface area contributed by atoms with Gasteiger partial charge in [-0.3, -0.25) is 4.79 Å². The second kappa shape index (κ2) is 5.69. The molecule has 0 bridgehead atoms. The summed E-state index contributed by atoms with van der Waals surface area (Å²) in [6, 6.07) is 4.97. The third-order valence-corrected chi connectivity index (χ3v) is 3.11. The Labute approximate surface area is 107 Å². The summed E-state index contributed by atoms with van der Waals surface area (Å²) in [5.41, 5.74) is 2.51. The maximum absolute atomic E-state index is 11.9. The van der Waals surface area contributed by atoms with Gasteiger partial charge in [-0.05, 0) is 37.6 Å². The number of nitrogens with one attached hydrogen (secondary N) is 2. The van der Waals surface area contributed by atoms with Gasteiger partial charge >= 0.3 is 0 Å². The summed E-state index contributed by atoms with van der Waals surface area (Å²) in [4.78, 5) is 11.9. The molecule has 4 nitrogen and oxygen atoms in total. The average Bonchev–Trinajstić information content (AvgIpc) is 2.40. The number of hydrogen-bond acceptors (Lipinski definition) is 3. The molecule has 96 valence electrons. The summed E-state index contributed by atoms with van der Waals surface area (Å²) in [6.45, 7) is 4.22. The van der Waals surface area contributed by atoms with Gasteiger partial charge in [0, 0.05) is 18.7 Å². The average molecular weight is 246 g/mol. The van der Waals surface area contributed by atoms with E-state index in [1.165, 1.54) is 11.6 Å². The first-order chi connectivity index (χ1) is 8.66. The summed E-state index contributed by atoms with van der Waals surface area (Å²) in [5.74, 6) is 0.00784. The Hall–Kier alpha value is -1.81. The number of carbonyl (C=O) groups excluding carboxylic acids is 1. The lowest BCUT2D eigenvalue weighted by Crippen LogP contribution is -2.29. The molecule has 3 N–H and O–H groups in total. The van der Waals surface area contributed by atoms with Crippen molar-refractivity contribution in [2.75, 3.05) is 19.6 Å². The zero-order chi connectivity index (χ0) is 13.0. The van der Waals surface area contributed by atoms with E-state index in [1.54, 1.807) is 19.1 Å². The van der Waals surface area contributed by atoms with Crippen molar-refractivity contribution in [3.63, 3.8) is 0 Å². The number of phenols is 1. The fourth-order valence-corrected chi connectivity index (χ4v) is 1.88. The molecule has 1 aromatic carbocycles. The molecular formula is C14H18N2O2. The molecule has 1 heterocycles. The molecule has 0 spiro atoms. The van der Waals surface area contributed by atoms with E-state index in [4.69, 9.17) is 0 Å². The Balaban J connectivity index is 1.95. The summed E-state index contributed by atoms with van der Waals surface area (Å²) in [5, 5.41) is 15.7. The van der Waals surface area contributed by atoms with Crippen LogP contribution in [0.3, 0.4) is 0 Å². The Bertz CT molecular complexity index is 481. The zero-order valence-corrected chi connectivity index (χ0v) is 10.5. The summed E-state index contributed by atoms with van der Waals surface area (Å²) in [7, 11) is 0. The van der Waals surface area contributed by atoms with Gasteiger partial charge in [-0.2, -0.15) is 0 Å². The van der Waals surface area contributed by atoms with Gasteiger partial charge in [0.05, 0.1) is 0 Å². The van der Waals surface area contributed by atoms with Crippen LogP contribution < -0.4 is 10.6 Å². The van der Waals surface area contributed by atoms with Gasteiger partial charge in [-0.25, -0.2) is 0 Å². The first kappa shape index (κ1) is 12.6. The lowest BCUT2D eigenvalue weighted by atomic mass is 10.1. The molecule has 4 heteroatoms. The number of phenolic OH excluding ortho intramolecular Hbond substituents is 1. The van der Waals surface area contributed by atoms with Crippen LogP contribution in [0.2, 0.25) is 0 Å². The van der Waals surface area contributed by atoms with Gasteiger partial charge in [0.15, 0.2) is 0 Å². The van der Waals surface area contributed by atoms with Gasteiger partial charge in [0.1, 0.15) is 5.75 Å². The van der Waals surface area contributed by atoms with E-state index in [2.05, 4.69) is 16.7 Å². The maximum Gasteiger partial charge on any atom is 0.251 e. The van der Waals surface area contributed by atoms with Crippen LogP contribution in [-0.4, -0.2) is 30.6 Å². The number of amides is 1.